The van der Waals surface area contributed by atoms with Crippen LogP contribution in [0.1, 0.15) is 19.4 Å². The number of non-ortho nitro benzene ring substituents is 1. The van der Waals surface area contributed by atoms with E-state index in [9.17, 15) is 10.1 Å². The summed E-state index contributed by atoms with van der Waals surface area (Å²) in [6.07, 6.45) is 0. The van der Waals surface area contributed by atoms with Gasteiger partial charge in [-0.2, -0.15) is 0 Å². The van der Waals surface area contributed by atoms with Crippen LogP contribution in [0.5, 0.6) is 0 Å². The van der Waals surface area contributed by atoms with Crippen molar-refractivity contribution in [3.63, 3.8) is 0 Å². The molecule has 1 aromatic carbocycles. The number of hydrogen-bond donors (Lipinski definition) is 1. The van der Waals surface area contributed by atoms with Gasteiger partial charge < -0.3 is 10.2 Å². The number of nitrogens with one attached hydrogen (secondary N) is 1. The molecule has 1 atom stereocenters. The Morgan fingerprint density at radius 3 is 2.55 bits per heavy atom. The predicted molar refractivity (Wildman–Crippen MR) is 82.1 cm³/mol. The fraction of sp³-hybridized carbons (Fsp3) is 0.571. The first-order chi connectivity index (χ1) is 9.31. The second-order valence-corrected chi connectivity index (χ2v) is 5.93. The van der Waals surface area contributed by atoms with E-state index in [0.29, 0.717) is 23.5 Å². The van der Waals surface area contributed by atoms with Crippen molar-refractivity contribution in [3.05, 3.63) is 38.9 Å². The highest BCUT2D eigenvalue weighted by Crippen LogP contribution is 2.22. The summed E-state index contributed by atoms with van der Waals surface area (Å²) < 4.78 is 0. The van der Waals surface area contributed by atoms with Gasteiger partial charge in [0.05, 0.1) is 4.92 Å². The van der Waals surface area contributed by atoms with E-state index in [1.807, 2.05) is 14.1 Å². The Morgan fingerprint density at radius 2 is 2.05 bits per heavy atom. The van der Waals surface area contributed by atoms with E-state index in [0.717, 1.165) is 12.1 Å². The van der Waals surface area contributed by atoms with Crippen molar-refractivity contribution >= 4 is 17.3 Å². The van der Waals surface area contributed by atoms with E-state index < -0.39 is 4.92 Å². The van der Waals surface area contributed by atoms with Gasteiger partial charge in [-0.1, -0.05) is 25.4 Å². The van der Waals surface area contributed by atoms with Crippen molar-refractivity contribution in [1.82, 2.24) is 10.2 Å². The summed E-state index contributed by atoms with van der Waals surface area (Å²) >= 11 is 6.10. The Hall–Kier alpha value is -1.17. The number of benzene rings is 1. The maximum absolute atomic E-state index is 10.8. The lowest BCUT2D eigenvalue weighted by Crippen LogP contribution is -2.41. The summed E-state index contributed by atoms with van der Waals surface area (Å²) in [4.78, 5) is 12.5. The number of rotatable bonds is 7. The lowest BCUT2D eigenvalue weighted by Gasteiger charge is -2.26. The second-order valence-electron chi connectivity index (χ2n) is 5.53. The summed E-state index contributed by atoms with van der Waals surface area (Å²) in [7, 11) is 4.05. The molecule has 0 saturated carbocycles. The molecule has 6 heteroatoms. The van der Waals surface area contributed by atoms with E-state index in [1.165, 1.54) is 12.1 Å². The molecule has 0 amide bonds. The lowest BCUT2D eigenvalue weighted by atomic mass is 10.0. The molecule has 1 N–H and O–H groups in total. The lowest BCUT2D eigenvalue weighted by molar-refractivity contribution is -0.384. The van der Waals surface area contributed by atoms with Gasteiger partial charge in [-0.05, 0) is 31.6 Å². The van der Waals surface area contributed by atoms with E-state index in [1.54, 1.807) is 6.07 Å². The topological polar surface area (TPSA) is 58.4 Å². The Morgan fingerprint density at radius 1 is 1.40 bits per heavy atom. The summed E-state index contributed by atoms with van der Waals surface area (Å²) in [5, 5.41) is 14.8. The van der Waals surface area contributed by atoms with Crippen LogP contribution in [0.15, 0.2) is 18.2 Å². The number of halogens is 1. The first kappa shape index (κ1) is 16.9. The predicted octanol–water partition coefficient (Wildman–Crippen LogP) is 2.92. The molecule has 0 aromatic heterocycles. The second kappa shape index (κ2) is 7.57. The first-order valence-electron chi connectivity index (χ1n) is 6.62. The van der Waals surface area contributed by atoms with Gasteiger partial charge in [-0.15, -0.1) is 0 Å². The third kappa shape index (κ3) is 5.07. The first-order valence-corrected chi connectivity index (χ1v) is 7.00. The molecule has 0 saturated heterocycles. The van der Waals surface area contributed by atoms with Gasteiger partial charge in [-0.3, -0.25) is 10.1 Å². The minimum Gasteiger partial charge on any atom is -0.308 e. The quantitative estimate of drug-likeness (QED) is 0.621. The minimum atomic E-state index is -0.403. The molecule has 0 bridgehead atoms. The van der Waals surface area contributed by atoms with Crippen LogP contribution < -0.4 is 5.32 Å². The molecular weight excluding hydrogens is 278 g/mol. The van der Waals surface area contributed by atoms with Crippen LogP contribution in [0.25, 0.3) is 0 Å². The zero-order valence-electron chi connectivity index (χ0n) is 12.4. The highest BCUT2D eigenvalue weighted by Gasteiger charge is 2.15. The van der Waals surface area contributed by atoms with Crippen LogP contribution in [0, 0.1) is 16.0 Å². The van der Waals surface area contributed by atoms with Crippen LogP contribution in [-0.2, 0) is 6.54 Å². The van der Waals surface area contributed by atoms with E-state index in [-0.39, 0.29) is 5.69 Å². The molecule has 112 valence electrons. The molecule has 0 aliphatic rings. The molecule has 0 radical (unpaired) electrons. The molecule has 0 spiro atoms. The number of nitro groups is 1. The van der Waals surface area contributed by atoms with Crippen molar-refractivity contribution in [2.45, 2.75) is 26.4 Å². The van der Waals surface area contributed by atoms with Gasteiger partial charge in [-0.25, -0.2) is 0 Å². The fourth-order valence-electron chi connectivity index (χ4n) is 1.96. The molecular formula is C14H22ClN3O2. The van der Waals surface area contributed by atoms with Crippen molar-refractivity contribution in [1.29, 1.82) is 0 Å². The van der Waals surface area contributed by atoms with E-state index in [2.05, 4.69) is 24.1 Å². The Kier molecular flexibility index (Phi) is 6.39. The van der Waals surface area contributed by atoms with Crippen molar-refractivity contribution in [2.24, 2.45) is 5.92 Å². The van der Waals surface area contributed by atoms with Crippen molar-refractivity contribution < 1.29 is 4.92 Å². The number of likely N-dealkylation sites (N-methyl/N-ethyl adjacent to an activating group) is 1. The normalized spacial score (nSPS) is 12.9. The largest absolute Gasteiger partial charge is 0.308 e. The summed E-state index contributed by atoms with van der Waals surface area (Å²) in [6, 6.07) is 4.83. The molecule has 5 nitrogen and oxygen atoms in total. The molecule has 0 fully saturated rings. The van der Waals surface area contributed by atoms with Crippen LogP contribution in [0.3, 0.4) is 0 Å². The molecule has 0 aliphatic heterocycles. The number of hydrogen-bond acceptors (Lipinski definition) is 4. The monoisotopic (exact) mass is 299 g/mol. The highest BCUT2D eigenvalue weighted by molar-refractivity contribution is 6.31. The zero-order chi connectivity index (χ0) is 15.3. The van der Waals surface area contributed by atoms with Crippen LogP contribution in [-0.4, -0.2) is 36.5 Å². The Labute approximate surface area is 125 Å². The smallest absolute Gasteiger partial charge is 0.269 e. The molecule has 1 rings (SSSR count). The maximum Gasteiger partial charge on any atom is 0.269 e. The van der Waals surface area contributed by atoms with Gasteiger partial charge in [0.25, 0.3) is 5.69 Å². The Balaban J connectivity index is 2.76. The average Bonchev–Trinajstić information content (AvgIpc) is 2.35. The SMILES string of the molecule is CC(C)C(CN(C)C)NCc1cc([N+](=O)[O-])ccc1Cl. The summed E-state index contributed by atoms with van der Waals surface area (Å²) in [6.45, 7) is 5.73. The van der Waals surface area contributed by atoms with Gasteiger partial charge >= 0.3 is 0 Å². The molecule has 0 aliphatic carbocycles. The van der Waals surface area contributed by atoms with E-state index in [4.69, 9.17) is 11.6 Å². The van der Waals surface area contributed by atoms with Crippen molar-refractivity contribution in [2.75, 3.05) is 20.6 Å². The molecule has 20 heavy (non-hydrogen) atoms. The third-order valence-corrected chi connectivity index (χ3v) is 3.53. The van der Waals surface area contributed by atoms with Gasteiger partial charge in [0.2, 0.25) is 0 Å². The molecule has 1 aromatic rings. The van der Waals surface area contributed by atoms with Gasteiger partial charge in [0, 0.05) is 36.3 Å². The highest BCUT2D eigenvalue weighted by atomic mass is 35.5. The average molecular weight is 300 g/mol. The van der Waals surface area contributed by atoms with Gasteiger partial charge in [0.15, 0.2) is 0 Å². The van der Waals surface area contributed by atoms with E-state index >= 15 is 0 Å². The summed E-state index contributed by atoms with van der Waals surface area (Å²) in [5.41, 5.74) is 0.824. The van der Waals surface area contributed by atoms with Crippen LogP contribution in [0.2, 0.25) is 5.02 Å². The van der Waals surface area contributed by atoms with Gasteiger partial charge in [0.1, 0.15) is 0 Å². The zero-order valence-corrected chi connectivity index (χ0v) is 13.1. The standard InChI is InChI=1S/C14H22ClN3O2/c1-10(2)14(9-17(3)4)16-8-11-7-12(18(19)20)5-6-13(11)15/h5-7,10,14,16H,8-9H2,1-4H3. The summed E-state index contributed by atoms with van der Waals surface area (Å²) in [5.74, 6) is 0.467. The molecule has 0 heterocycles. The fourth-order valence-corrected chi connectivity index (χ4v) is 2.14. The van der Waals surface area contributed by atoms with Crippen LogP contribution >= 0.6 is 11.6 Å². The maximum atomic E-state index is 10.8. The number of nitro benzene ring substituents is 1. The van der Waals surface area contributed by atoms with Crippen molar-refractivity contribution in [3.8, 4) is 0 Å². The third-order valence-electron chi connectivity index (χ3n) is 3.16. The molecule has 1 unspecified atom stereocenters. The van der Waals surface area contributed by atoms with Crippen LogP contribution in [0.4, 0.5) is 5.69 Å². The minimum absolute atomic E-state index is 0.0694. The Bertz CT molecular complexity index is 464. The number of nitrogens with zero attached hydrogens (tertiary/aromatic N) is 2.